The third-order valence-corrected chi connectivity index (χ3v) is 6.14. The van der Waals surface area contributed by atoms with Crippen molar-refractivity contribution in [3.05, 3.63) is 83.7 Å². The number of carbonyl (C=O) groups is 1. The Kier molecular flexibility index (Phi) is 5.71. The number of hydrogen-bond acceptors (Lipinski definition) is 4. The first-order chi connectivity index (χ1) is 14.2. The number of rotatable bonds is 5. The van der Waals surface area contributed by atoms with Crippen LogP contribution >= 0.6 is 11.8 Å². The second-order valence-electron chi connectivity index (χ2n) is 6.76. The smallest absolute Gasteiger partial charge is 0.242 e. The van der Waals surface area contributed by atoms with Crippen LogP contribution in [0.2, 0.25) is 0 Å². The Morgan fingerprint density at radius 1 is 1.07 bits per heavy atom. The third-order valence-electron chi connectivity index (χ3n) is 4.81. The second-order valence-corrected chi connectivity index (χ2v) is 7.93. The van der Waals surface area contributed by atoms with Gasteiger partial charge in [-0.15, -0.1) is 5.10 Å². The van der Waals surface area contributed by atoms with Crippen LogP contribution in [0.1, 0.15) is 24.5 Å². The van der Waals surface area contributed by atoms with E-state index >= 15 is 0 Å². The number of benzene rings is 3. The van der Waals surface area contributed by atoms with Crippen molar-refractivity contribution in [1.82, 2.24) is 4.90 Å². The lowest BCUT2D eigenvalue weighted by atomic mass is 10.1. The standard InChI is InChI=1S/C23H20FN3OS/c1-2-21-22(28)27(15-16-10-12-19(24)13-11-16)23(29-21)26-25-14-18-8-5-7-17-6-3-4-9-20(17)18/h3-14,21H,2,15H2,1H3. The molecule has 3 aromatic rings. The third kappa shape index (κ3) is 4.22. The van der Waals surface area contributed by atoms with Crippen LogP contribution in [0.5, 0.6) is 0 Å². The monoisotopic (exact) mass is 405 g/mol. The summed E-state index contributed by atoms with van der Waals surface area (Å²) in [7, 11) is 0. The summed E-state index contributed by atoms with van der Waals surface area (Å²) in [5, 5.41) is 11.3. The number of thioether (sulfide) groups is 1. The number of amides is 1. The first kappa shape index (κ1) is 19.3. The van der Waals surface area contributed by atoms with Crippen LogP contribution in [0.3, 0.4) is 0 Å². The number of nitrogens with zero attached hydrogens (tertiary/aromatic N) is 3. The highest BCUT2D eigenvalue weighted by molar-refractivity contribution is 8.15. The molecule has 0 aliphatic carbocycles. The van der Waals surface area contributed by atoms with Crippen LogP contribution in [0.4, 0.5) is 4.39 Å². The Morgan fingerprint density at radius 3 is 2.62 bits per heavy atom. The topological polar surface area (TPSA) is 45.0 Å². The highest BCUT2D eigenvalue weighted by Gasteiger charge is 2.36. The molecule has 1 heterocycles. The van der Waals surface area contributed by atoms with Gasteiger partial charge in [-0.05, 0) is 34.9 Å². The minimum Gasteiger partial charge on any atom is -0.284 e. The lowest BCUT2D eigenvalue weighted by Gasteiger charge is -2.15. The number of halogens is 1. The summed E-state index contributed by atoms with van der Waals surface area (Å²) in [6.07, 6.45) is 2.44. The minimum absolute atomic E-state index is 0.0148. The van der Waals surface area contributed by atoms with E-state index in [2.05, 4.69) is 22.3 Å². The van der Waals surface area contributed by atoms with Gasteiger partial charge in [0.15, 0.2) is 5.17 Å². The molecule has 0 radical (unpaired) electrons. The fourth-order valence-corrected chi connectivity index (χ4v) is 4.29. The molecule has 1 saturated heterocycles. The molecular weight excluding hydrogens is 385 g/mol. The molecule has 146 valence electrons. The predicted octanol–water partition coefficient (Wildman–Crippen LogP) is 5.22. The Balaban J connectivity index is 1.60. The van der Waals surface area contributed by atoms with Crippen molar-refractivity contribution >= 4 is 39.8 Å². The van der Waals surface area contributed by atoms with Gasteiger partial charge in [-0.2, -0.15) is 5.10 Å². The van der Waals surface area contributed by atoms with Gasteiger partial charge in [-0.25, -0.2) is 4.39 Å². The molecule has 6 heteroatoms. The molecule has 0 N–H and O–H groups in total. The van der Waals surface area contributed by atoms with E-state index in [1.807, 2.05) is 37.3 Å². The van der Waals surface area contributed by atoms with Crippen LogP contribution < -0.4 is 0 Å². The van der Waals surface area contributed by atoms with Crippen molar-refractivity contribution in [2.75, 3.05) is 0 Å². The van der Waals surface area contributed by atoms with Crippen molar-refractivity contribution in [2.24, 2.45) is 10.2 Å². The Labute approximate surface area is 173 Å². The molecule has 1 amide bonds. The van der Waals surface area contributed by atoms with E-state index in [0.717, 1.165) is 28.3 Å². The van der Waals surface area contributed by atoms with Gasteiger partial charge in [-0.1, -0.05) is 73.3 Å². The van der Waals surface area contributed by atoms with Gasteiger partial charge in [0, 0.05) is 5.56 Å². The first-order valence-electron chi connectivity index (χ1n) is 9.47. The van der Waals surface area contributed by atoms with E-state index in [1.165, 1.54) is 23.9 Å². The molecular formula is C23H20FN3OS. The summed E-state index contributed by atoms with van der Waals surface area (Å²) in [5.41, 5.74) is 1.82. The summed E-state index contributed by atoms with van der Waals surface area (Å²) in [6.45, 7) is 2.33. The molecule has 4 rings (SSSR count). The van der Waals surface area contributed by atoms with Crippen molar-refractivity contribution in [3.63, 3.8) is 0 Å². The lowest BCUT2D eigenvalue weighted by Crippen LogP contribution is -2.31. The zero-order valence-electron chi connectivity index (χ0n) is 16.0. The molecule has 1 fully saturated rings. The highest BCUT2D eigenvalue weighted by Crippen LogP contribution is 2.31. The van der Waals surface area contributed by atoms with Crippen LogP contribution in [-0.4, -0.2) is 27.4 Å². The summed E-state index contributed by atoms with van der Waals surface area (Å²) in [5.74, 6) is -0.281. The maximum Gasteiger partial charge on any atom is 0.242 e. The molecule has 0 saturated carbocycles. The fourth-order valence-electron chi connectivity index (χ4n) is 3.27. The van der Waals surface area contributed by atoms with E-state index < -0.39 is 0 Å². The molecule has 29 heavy (non-hydrogen) atoms. The van der Waals surface area contributed by atoms with E-state index in [0.29, 0.717) is 11.7 Å². The van der Waals surface area contributed by atoms with Crippen molar-refractivity contribution in [1.29, 1.82) is 0 Å². The summed E-state index contributed by atoms with van der Waals surface area (Å²) >= 11 is 1.43. The Morgan fingerprint density at radius 2 is 1.83 bits per heavy atom. The van der Waals surface area contributed by atoms with Gasteiger partial charge < -0.3 is 0 Å². The second kappa shape index (κ2) is 8.57. The zero-order chi connectivity index (χ0) is 20.2. The van der Waals surface area contributed by atoms with Gasteiger partial charge >= 0.3 is 0 Å². The van der Waals surface area contributed by atoms with Gasteiger partial charge in [0.05, 0.1) is 18.0 Å². The number of carbonyl (C=O) groups excluding carboxylic acids is 1. The van der Waals surface area contributed by atoms with Crippen LogP contribution in [0, 0.1) is 5.82 Å². The predicted molar refractivity (Wildman–Crippen MR) is 118 cm³/mol. The number of amidine groups is 1. The fraction of sp³-hybridized carbons (Fsp3) is 0.174. The van der Waals surface area contributed by atoms with E-state index in [9.17, 15) is 9.18 Å². The molecule has 4 nitrogen and oxygen atoms in total. The molecule has 0 spiro atoms. The zero-order valence-corrected chi connectivity index (χ0v) is 16.8. The molecule has 1 unspecified atom stereocenters. The average Bonchev–Trinajstić information content (AvgIpc) is 3.04. The van der Waals surface area contributed by atoms with E-state index in [4.69, 9.17) is 0 Å². The van der Waals surface area contributed by atoms with Crippen LogP contribution in [-0.2, 0) is 11.3 Å². The minimum atomic E-state index is -0.295. The summed E-state index contributed by atoms with van der Waals surface area (Å²) in [4.78, 5) is 14.4. The summed E-state index contributed by atoms with van der Waals surface area (Å²) in [6, 6.07) is 20.3. The Bertz CT molecular complexity index is 1090. The number of fused-ring (bicyclic) bond motifs is 1. The molecule has 0 bridgehead atoms. The van der Waals surface area contributed by atoms with Gasteiger partial charge in [-0.3, -0.25) is 9.69 Å². The summed E-state index contributed by atoms with van der Waals surface area (Å²) < 4.78 is 13.2. The maximum absolute atomic E-state index is 13.2. The highest BCUT2D eigenvalue weighted by atomic mass is 32.2. The quantitative estimate of drug-likeness (QED) is 0.431. The van der Waals surface area contributed by atoms with Gasteiger partial charge in [0.1, 0.15) is 5.82 Å². The normalized spacial score (nSPS) is 18.4. The molecule has 1 aliphatic rings. The molecule has 1 aliphatic heterocycles. The van der Waals surface area contributed by atoms with Crippen molar-refractivity contribution < 1.29 is 9.18 Å². The molecule has 0 aromatic heterocycles. The largest absolute Gasteiger partial charge is 0.284 e. The Hall–Kier alpha value is -2.99. The van der Waals surface area contributed by atoms with E-state index in [1.54, 1.807) is 23.2 Å². The SMILES string of the molecule is CCC1SC(=NN=Cc2cccc3ccccc23)N(Cc2ccc(F)cc2)C1=O. The van der Waals surface area contributed by atoms with Crippen LogP contribution in [0.25, 0.3) is 10.8 Å². The first-order valence-corrected chi connectivity index (χ1v) is 10.3. The van der Waals surface area contributed by atoms with Gasteiger partial charge in [0.25, 0.3) is 0 Å². The average molecular weight is 405 g/mol. The van der Waals surface area contributed by atoms with Gasteiger partial charge in [0.2, 0.25) is 5.91 Å². The molecule has 3 aromatic carbocycles. The lowest BCUT2D eigenvalue weighted by molar-refractivity contribution is -0.126. The van der Waals surface area contributed by atoms with E-state index in [-0.39, 0.29) is 17.0 Å². The molecule has 1 atom stereocenters. The number of hydrogen-bond donors (Lipinski definition) is 0. The van der Waals surface area contributed by atoms with Crippen LogP contribution in [0.15, 0.2) is 76.9 Å². The van der Waals surface area contributed by atoms with Crippen molar-refractivity contribution in [2.45, 2.75) is 25.1 Å². The van der Waals surface area contributed by atoms with Crippen molar-refractivity contribution in [3.8, 4) is 0 Å². The maximum atomic E-state index is 13.2.